The van der Waals surface area contributed by atoms with Crippen LogP contribution in [-0.4, -0.2) is 21.1 Å². The molecule has 23 aromatic rings. The van der Waals surface area contributed by atoms with Crippen molar-refractivity contribution in [3.63, 3.8) is 0 Å². The molecule has 0 saturated heterocycles. The third-order valence-electron chi connectivity index (χ3n) is 25.0. The third-order valence-corrected chi connectivity index (χ3v) is 32.1. The molecule has 0 amide bonds. The van der Waals surface area contributed by atoms with E-state index < -0.39 is 16.1 Å². The molecule has 0 radical (unpaired) electrons. The molecule has 0 saturated carbocycles. The number of hydrogen-bond acceptors (Lipinski definition) is 7. The maximum atomic E-state index is 7.03. The van der Waals surface area contributed by atoms with E-state index in [4.69, 9.17) is 22.7 Å². The molecule has 0 N–H and O–H groups in total. The van der Waals surface area contributed by atoms with Crippen LogP contribution in [0.1, 0.15) is 33.6 Å². The highest BCUT2D eigenvalue weighted by Crippen LogP contribution is 2.52. The molecular weight excluding hydrogens is 1450 g/mol. The monoisotopic (exact) mass is 1530 g/mol. The molecule has 0 atom stereocenters. The van der Waals surface area contributed by atoms with Gasteiger partial charge in [0.15, 0.2) is 0 Å². The van der Waals surface area contributed by atoms with Crippen LogP contribution in [0.2, 0.25) is 26.2 Å². The molecule has 0 aliphatic rings. The van der Waals surface area contributed by atoms with Crippen LogP contribution in [0, 0.1) is 41.5 Å². The molecule has 5 heterocycles. The number of hydrogen-bond donors (Lipinski definition) is 0. The van der Waals surface area contributed by atoms with E-state index in [0.717, 1.165) is 160 Å². The molecule has 0 spiro atoms. The summed E-state index contributed by atoms with van der Waals surface area (Å²) in [7, 11) is -3.88. The predicted octanol–water partition coefficient (Wildman–Crippen LogP) is 28.3. The SMILES string of the molecule is Cc1cc(-c2cc3c4oc5cc([Si](C)(C)c6ccccc6)ccc5c4cc4ccc5c6oc7cc([Si](C)(C)c8ccccc8)ccc7c6cc2c5c43)cc(C)n1.Cc1cccc(N(c2cccc(C)c2)c2ccc3oc4c(cc5ccc6c7oc8ccc(N(c9cccc(C)c9)c9cccc(C)c9)cc8c7cc7ccc4c5c76)c3c2)c1. The average Bonchev–Trinajstić information content (AvgIpc) is 1.48. The number of furan rings is 4. The predicted molar refractivity (Wildman–Crippen MR) is 497 cm³/mol. The first kappa shape index (κ1) is 69.2. The van der Waals surface area contributed by atoms with Crippen LogP contribution in [0.15, 0.2) is 327 Å². The summed E-state index contributed by atoms with van der Waals surface area (Å²) >= 11 is 0. The van der Waals surface area contributed by atoms with Gasteiger partial charge in [-0.2, -0.15) is 0 Å². The van der Waals surface area contributed by atoms with E-state index in [0.29, 0.717) is 0 Å². The minimum absolute atomic E-state index is 0.873. The lowest BCUT2D eigenvalue weighted by molar-refractivity contribution is 0.672. The Labute approximate surface area is 673 Å². The van der Waals surface area contributed by atoms with Crippen molar-refractivity contribution in [3.8, 4) is 11.1 Å². The second-order valence-electron chi connectivity index (χ2n) is 33.4. The van der Waals surface area contributed by atoms with Gasteiger partial charge in [0.2, 0.25) is 0 Å². The molecule has 9 heteroatoms. The van der Waals surface area contributed by atoms with Crippen LogP contribution in [0.4, 0.5) is 34.1 Å². The van der Waals surface area contributed by atoms with Crippen LogP contribution in [0.5, 0.6) is 0 Å². The fourth-order valence-corrected chi connectivity index (χ4v) is 23.8. The zero-order valence-electron chi connectivity index (χ0n) is 66.4. The Morgan fingerprint density at radius 1 is 0.233 bits per heavy atom. The summed E-state index contributed by atoms with van der Waals surface area (Å²) in [4.78, 5) is 9.45. The number of fused-ring (bicyclic) bond motifs is 16. The van der Waals surface area contributed by atoms with Crippen LogP contribution in [0.25, 0.3) is 164 Å². The summed E-state index contributed by atoms with van der Waals surface area (Å²) in [6.07, 6.45) is 0. The van der Waals surface area contributed by atoms with Crippen molar-refractivity contribution >= 4 is 223 Å². The van der Waals surface area contributed by atoms with Gasteiger partial charge in [-0.15, -0.1) is 0 Å². The Morgan fingerprint density at radius 3 is 1.00 bits per heavy atom. The Kier molecular flexibility index (Phi) is 15.5. The number of nitrogens with zero attached hydrogens (tertiary/aromatic N) is 3. The van der Waals surface area contributed by atoms with Crippen molar-refractivity contribution in [2.24, 2.45) is 0 Å². The first-order valence-corrected chi connectivity index (χ1v) is 46.3. The fourth-order valence-electron chi connectivity index (χ4n) is 19.1. The molecule has 5 aromatic heterocycles. The normalized spacial score (nSPS) is 12.4. The lowest BCUT2D eigenvalue weighted by Gasteiger charge is -2.26. The van der Waals surface area contributed by atoms with Crippen molar-refractivity contribution in [1.82, 2.24) is 4.98 Å². The Balaban J connectivity index is 0.000000141. The molecule has 556 valence electrons. The van der Waals surface area contributed by atoms with Crippen molar-refractivity contribution in [3.05, 3.63) is 343 Å². The Morgan fingerprint density at radius 2 is 0.586 bits per heavy atom. The van der Waals surface area contributed by atoms with Gasteiger partial charge in [-0.3, -0.25) is 4.98 Å². The summed E-state index contributed by atoms with van der Waals surface area (Å²) in [5.74, 6) is 0. The molecule has 116 heavy (non-hydrogen) atoms. The summed E-state index contributed by atoms with van der Waals surface area (Å²) in [6, 6.07) is 114. The van der Waals surface area contributed by atoms with E-state index in [9.17, 15) is 0 Å². The number of pyridine rings is 1. The zero-order valence-corrected chi connectivity index (χ0v) is 68.4. The quantitative estimate of drug-likeness (QED) is 0.0944. The molecule has 0 aliphatic heterocycles. The van der Waals surface area contributed by atoms with Gasteiger partial charge in [-0.1, -0.05) is 199 Å². The Bertz CT molecular complexity index is 7590. The molecule has 18 aromatic carbocycles. The number of rotatable bonds is 11. The minimum atomic E-state index is -1.94. The molecule has 0 unspecified atom stereocenters. The van der Waals surface area contributed by atoms with Crippen molar-refractivity contribution in [1.29, 1.82) is 0 Å². The summed E-state index contributed by atoms with van der Waals surface area (Å²) < 4.78 is 27.6. The van der Waals surface area contributed by atoms with Gasteiger partial charge in [0.1, 0.15) is 60.8 Å². The van der Waals surface area contributed by atoms with Gasteiger partial charge in [-0.05, 0) is 254 Å². The highest BCUT2D eigenvalue weighted by Gasteiger charge is 2.31. The molecule has 0 bridgehead atoms. The van der Waals surface area contributed by atoms with Gasteiger partial charge in [0.25, 0.3) is 0 Å². The maximum Gasteiger partial charge on any atom is 0.143 e. The average molecular weight is 1530 g/mol. The van der Waals surface area contributed by atoms with E-state index in [-0.39, 0.29) is 0 Å². The van der Waals surface area contributed by atoms with Crippen molar-refractivity contribution < 1.29 is 17.7 Å². The summed E-state index contributed by atoms with van der Waals surface area (Å²) in [5, 5.41) is 28.7. The molecular formula is C107H81N3O4Si2. The van der Waals surface area contributed by atoms with Gasteiger partial charge in [-0.25, -0.2) is 0 Å². The number of anilines is 6. The van der Waals surface area contributed by atoms with Crippen LogP contribution in [-0.2, 0) is 0 Å². The first-order chi connectivity index (χ1) is 56.4. The van der Waals surface area contributed by atoms with Gasteiger partial charge in [0, 0.05) is 132 Å². The molecule has 23 rings (SSSR count). The van der Waals surface area contributed by atoms with Gasteiger partial charge >= 0.3 is 0 Å². The van der Waals surface area contributed by atoms with Gasteiger partial charge < -0.3 is 27.5 Å². The smallest absolute Gasteiger partial charge is 0.143 e. The second-order valence-corrected chi connectivity index (χ2v) is 42.2. The lowest BCUT2D eigenvalue weighted by Crippen LogP contribution is -2.52. The standard InChI is InChI=1S/C56H40N2O2.C51H41NO2Si2/c1-33-9-5-13-39(25-33)57(40-14-6-10-34(2)26-40)43-19-23-51-47(31-43)49-29-37-17-22-46-54-38(18-21-45(53(37)54)55(49)59-51)30-50-48-32-44(20-24-52(48)60-56(46)50)58(41-15-7-11-35(3)27-41)42-16-8-12-36(4)28-42;1-30-23-33(24-31(2)52-30)41-28-45-48-32(25-43-38-21-18-36(26-46(38)54-51(43)45)55(3,4)34-13-9-7-10-14-34)17-20-40-49(48)42(41)29-44-39-22-19-37(27-47(39)53-50(40)44)56(5,6)35-15-11-8-12-16-35/h5-32H,1-4H3;7-29H,1-6H3. The van der Waals surface area contributed by atoms with E-state index in [1.54, 1.807) is 0 Å². The molecule has 0 fully saturated rings. The number of benzene rings is 18. The van der Waals surface area contributed by atoms with Crippen LogP contribution in [0.3, 0.4) is 0 Å². The fraction of sp³-hybridized carbons (Fsp3) is 0.0935. The molecule has 0 aliphatic carbocycles. The first-order valence-electron chi connectivity index (χ1n) is 40.3. The highest BCUT2D eigenvalue weighted by atomic mass is 28.3. The van der Waals surface area contributed by atoms with E-state index in [1.165, 1.54) is 91.7 Å². The number of aryl methyl sites for hydroxylation is 6. The molecule has 7 nitrogen and oxygen atoms in total. The van der Waals surface area contributed by atoms with E-state index in [1.807, 2.05) is 0 Å². The third kappa shape index (κ3) is 10.9. The van der Waals surface area contributed by atoms with Crippen LogP contribution >= 0.6 is 0 Å². The van der Waals surface area contributed by atoms with Gasteiger partial charge in [0.05, 0.1) is 0 Å². The second kappa shape index (κ2) is 26.0. The lowest BCUT2D eigenvalue weighted by atomic mass is 9.87. The highest BCUT2D eigenvalue weighted by molar-refractivity contribution is 7.01. The summed E-state index contributed by atoms with van der Waals surface area (Å²) in [5.41, 5.74) is 23.2. The number of aromatic nitrogens is 1. The van der Waals surface area contributed by atoms with Crippen molar-refractivity contribution in [2.75, 3.05) is 9.80 Å². The van der Waals surface area contributed by atoms with Crippen LogP contribution < -0.4 is 30.5 Å². The van der Waals surface area contributed by atoms with E-state index in [2.05, 4.69) is 387 Å². The maximum absolute atomic E-state index is 7.03. The largest absolute Gasteiger partial charge is 0.455 e. The summed E-state index contributed by atoms with van der Waals surface area (Å²) in [6.45, 7) is 22.5. The topological polar surface area (TPSA) is 71.9 Å². The zero-order chi connectivity index (χ0) is 78.3. The van der Waals surface area contributed by atoms with E-state index >= 15 is 0 Å². The Hall–Kier alpha value is -13.6. The van der Waals surface area contributed by atoms with Crippen molar-refractivity contribution in [2.45, 2.75) is 67.7 Å². The minimum Gasteiger partial charge on any atom is -0.455 e.